The smallest absolute Gasteiger partial charge is 0.356 e. The average Bonchev–Trinajstić information content (AvgIpc) is 1.94. The topological polar surface area (TPSA) is 331 Å². The first-order valence-electron chi connectivity index (χ1n) is 2.74. The minimum Gasteiger partial charge on any atom is -0.356 e. The molecule has 0 rings (SSSR count). The maximum atomic E-state index is 8.25. The summed E-state index contributed by atoms with van der Waals surface area (Å²) in [4.78, 5) is 41.2. The number of hydrogen-bond acceptors (Lipinski definition) is 15. The van der Waals surface area contributed by atoms with E-state index in [-0.39, 0.29) is 50.6 Å². The predicted molar refractivity (Wildman–Crippen MR) is 51.8 cm³/mol. The van der Waals surface area contributed by atoms with Gasteiger partial charge in [-0.25, -0.2) is 0 Å². The van der Waals surface area contributed by atoms with Crippen molar-refractivity contribution in [1.82, 2.24) is 0 Å². The van der Waals surface area contributed by atoms with Crippen molar-refractivity contribution in [2.45, 2.75) is 0 Å². The van der Waals surface area contributed by atoms with Crippen molar-refractivity contribution in [3.8, 4) is 0 Å². The monoisotopic (exact) mass is 517 g/mol. The van der Waals surface area contributed by atoms with E-state index < -0.39 is 25.4 Å². The van der Waals surface area contributed by atoms with E-state index in [0.717, 1.165) is 0 Å². The van der Waals surface area contributed by atoms with E-state index in [2.05, 4.69) is 0 Å². The summed E-state index contributed by atoms with van der Waals surface area (Å²) in [6.07, 6.45) is 0. The van der Waals surface area contributed by atoms with Crippen LogP contribution in [-0.2, 0) is 21.1 Å². The summed E-state index contributed by atoms with van der Waals surface area (Å²) in [6, 6.07) is 0. The van der Waals surface area contributed by atoms with Gasteiger partial charge in [-0.05, 0) is 0 Å². The fourth-order valence-corrected chi connectivity index (χ4v) is 0. The van der Waals surface area contributed by atoms with Gasteiger partial charge >= 0.3 is 29.6 Å². The van der Waals surface area contributed by atoms with Crippen LogP contribution in [0.5, 0.6) is 0 Å². The summed E-state index contributed by atoms with van der Waals surface area (Å²) in [7, 11) is 0. The molecule has 20 nitrogen and oxygen atoms in total. The molecule has 0 aromatic rings. The molecule has 0 amide bonds. The van der Waals surface area contributed by atoms with E-state index in [0.29, 0.717) is 0 Å². The molecule has 22 heavy (non-hydrogen) atoms. The standard InChI is InChI=1S/5NO3.Na.W/c5*2-1(3)4;;/q5*-1;+1;. The molecule has 0 unspecified atom stereocenters. The zero-order valence-corrected chi connectivity index (χ0v) is 14.7. The molecule has 0 bridgehead atoms. The van der Waals surface area contributed by atoms with Crippen molar-refractivity contribution in [2.75, 3.05) is 0 Å². The van der Waals surface area contributed by atoms with Crippen LogP contribution in [0.1, 0.15) is 0 Å². The van der Waals surface area contributed by atoms with Crippen LogP contribution in [-0.4, -0.2) is 25.4 Å². The van der Waals surface area contributed by atoms with Gasteiger partial charge in [0.25, 0.3) is 0 Å². The van der Waals surface area contributed by atoms with Crippen molar-refractivity contribution >= 4 is 0 Å². The van der Waals surface area contributed by atoms with Crippen LogP contribution < -0.4 is 29.6 Å². The van der Waals surface area contributed by atoms with Crippen LogP contribution in [0.4, 0.5) is 0 Å². The normalized spacial score (nSPS) is 5.45. The van der Waals surface area contributed by atoms with E-state index in [4.69, 9.17) is 76.6 Å². The van der Waals surface area contributed by atoms with Crippen molar-refractivity contribution in [3.05, 3.63) is 76.6 Å². The summed E-state index contributed by atoms with van der Waals surface area (Å²) < 4.78 is 0. The Morgan fingerprint density at radius 1 is 0.364 bits per heavy atom. The summed E-state index contributed by atoms with van der Waals surface area (Å²) in [5, 5.41) is 73.8. The van der Waals surface area contributed by atoms with E-state index in [1.54, 1.807) is 0 Å². The zero-order chi connectivity index (χ0) is 17.9. The van der Waals surface area contributed by atoms with Gasteiger partial charge in [0.05, 0.1) is 25.4 Å². The molecule has 0 aliphatic carbocycles. The number of nitrogens with zero attached hydrogens (tertiary/aromatic N) is 5. The molecule has 0 aliphatic rings. The maximum absolute atomic E-state index is 8.25. The Morgan fingerprint density at radius 2 is 0.364 bits per heavy atom. The van der Waals surface area contributed by atoms with Crippen molar-refractivity contribution < 1.29 is 76.1 Å². The van der Waals surface area contributed by atoms with Crippen LogP contribution in [0, 0.1) is 76.6 Å². The molecule has 0 saturated carbocycles. The fraction of sp³-hybridized carbons (Fsp3) is 0. The SMILES string of the molecule is O=[N+]([O-])[O-].O=[N+]([O-])[O-].O=[N+]([O-])[O-].O=[N+]([O-])[O-].O=[N+]([O-])[O-].[Na+].[W]. The molecule has 0 saturated heterocycles. The molecule has 0 spiro atoms. The minimum atomic E-state index is -1.75. The summed E-state index contributed by atoms with van der Waals surface area (Å²) in [5.41, 5.74) is 0. The molecule has 22 heteroatoms. The second-order valence-corrected chi connectivity index (χ2v) is 1.12. The third-order valence-electron chi connectivity index (χ3n) is 0. The van der Waals surface area contributed by atoms with Gasteiger partial charge in [-0.3, -0.25) is 0 Å². The van der Waals surface area contributed by atoms with Gasteiger partial charge < -0.3 is 76.6 Å². The molecular weight excluding hydrogens is 517 g/mol. The Hall–Kier alpha value is -2.31. The Kier molecular flexibility index (Phi) is 70.5. The molecule has 0 aromatic heterocycles. The second-order valence-electron chi connectivity index (χ2n) is 1.12. The second kappa shape index (κ2) is 36.3. The minimum absolute atomic E-state index is 0. The van der Waals surface area contributed by atoms with Gasteiger partial charge in [-0.2, -0.15) is 0 Å². The quantitative estimate of drug-likeness (QED) is 0.167. The van der Waals surface area contributed by atoms with E-state index in [1.807, 2.05) is 0 Å². The largest absolute Gasteiger partial charge is 1.00 e. The summed E-state index contributed by atoms with van der Waals surface area (Å²) in [5.74, 6) is 0. The van der Waals surface area contributed by atoms with Gasteiger partial charge in [0.2, 0.25) is 0 Å². The van der Waals surface area contributed by atoms with Crippen LogP contribution in [0.3, 0.4) is 0 Å². The van der Waals surface area contributed by atoms with Crippen LogP contribution in [0.25, 0.3) is 0 Å². The summed E-state index contributed by atoms with van der Waals surface area (Å²) >= 11 is 0. The van der Waals surface area contributed by atoms with E-state index in [9.17, 15) is 0 Å². The van der Waals surface area contributed by atoms with Crippen LogP contribution >= 0.6 is 0 Å². The molecule has 0 fully saturated rings. The van der Waals surface area contributed by atoms with Crippen LogP contribution in [0.2, 0.25) is 0 Å². The van der Waals surface area contributed by atoms with Gasteiger partial charge in [0.15, 0.2) is 0 Å². The first-order chi connectivity index (χ1) is 8.66. The van der Waals surface area contributed by atoms with Gasteiger partial charge in [0.1, 0.15) is 0 Å². The molecule has 0 heterocycles. The Labute approximate surface area is 152 Å². The first-order valence-corrected chi connectivity index (χ1v) is 2.74. The zero-order valence-electron chi connectivity index (χ0n) is 9.77. The third-order valence-corrected chi connectivity index (χ3v) is 0. The fourth-order valence-electron chi connectivity index (χ4n) is 0. The van der Waals surface area contributed by atoms with Crippen molar-refractivity contribution in [1.29, 1.82) is 0 Å². The third kappa shape index (κ3) is 922. The average molecular weight is 517 g/mol. The molecule has 0 N–H and O–H groups in total. The van der Waals surface area contributed by atoms with E-state index >= 15 is 0 Å². The first kappa shape index (κ1) is 42.7. The molecule has 0 radical (unpaired) electrons. The molecular formula is N5NaO15W-4. The van der Waals surface area contributed by atoms with Crippen LogP contribution in [0.15, 0.2) is 0 Å². The number of hydrogen-bond donors (Lipinski definition) is 0. The van der Waals surface area contributed by atoms with Gasteiger partial charge in [-0.15, -0.1) is 0 Å². The summed E-state index contributed by atoms with van der Waals surface area (Å²) in [6.45, 7) is 0. The predicted octanol–water partition coefficient (Wildman–Crippen LogP) is -4.19. The maximum Gasteiger partial charge on any atom is 1.00 e. The molecule has 0 aliphatic heterocycles. The number of rotatable bonds is 0. The molecule has 0 atom stereocenters. The molecule has 126 valence electrons. The van der Waals surface area contributed by atoms with Crippen molar-refractivity contribution in [3.63, 3.8) is 0 Å². The molecule has 0 aromatic carbocycles. The van der Waals surface area contributed by atoms with Gasteiger partial charge in [0, 0.05) is 21.1 Å². The van der Waals surface area contributed by atoms with Crippen molar-refractivity contribution in [2.24, 2.45) is 0 Å². The Morgan fingerprint density at radius 3 is 0.364 bits per heavy atom. The Balaban J connectivity index is -0.0000000250. The van der Waals surface area contributed by atoms with E-state index in [1.165, 1.54) is 0 Å². The Bertz CT molecular complexity index is 213. The van der Waals surface area contributed by atoms with Gasteiger partial charge in [-0.1, -0.05) is 0 Å².